The third-order valence-corrected chi connectivity index (χ3v) is 3.99. The van der Waals surface area contributed by atoms with Crippen LogP contribution in [0.3, 0.4) is 0 Å². The standard InChI is InChI=1S/C21H28N4O2.HI/c1-4-6-20(26)25-18-11-9-16(10-12-18)14-23-21(22-2)24-15-17-7-5-8-19(13-17)27-3;/h5,7-13H,4,6,14-15H2,1-3H3,(H,25,26)(H2,22,23,24);1H. The fourth-order valence-electron chi connectivity index (χ4n) is 2.53. The van der Waals surface area contributed by atoms with E-state index in [1.165, 1.54) is 0 Å². The number of carbonyl (C=O) groups is 1. The molecule has 2 rings (SSSR count). The normalized spacial score (nSPS) is 10.6. The number of aliphatic imine (C=N–C) groups is 1. The highest BCUT2D eigenvalue weighted by molar-refractivity contribution is 14.0. The number of nitrogens with zero attached hydrogens (tertiary/aromatic N) is 1. The van der Waals surface area contributed by atoms with E-state index in [9.17, 15) is 4.79 Å². The van der Waals surface area contributed by atoms with Crippen molar-refractivity contribution in [1.82, 2.24) is 10.6 Å². The second-order valence-corrected chi connectivity index (χ2v) is 6.13. The van der Waals surface area contributed by atoms with Crippen LogP contribution in [0.1, 0.15) is 30.9 Å². The number of hydrogen-bond acceptors (Lipinski definition) is 3. The maximum Gasteiger partial charge on any atom is 0.224 e. The van der Waals surface area contributed by atoms with Crippen LogP contribution in [0.15, 0.2) is 53.5 Å². The van der Waals surface area contributed by atoms with Gasteiger partial charge in [-0.1, -0.05) is 31.2 Å². The van der Waals surface area contributed by atoms with Crippen molar-refractivity contribution >= 4 is 41.5 Å². The molecule has 0 atom stereocenters. The van der Waals surface area contributed by atoms with Gasteiger partial charge in [0.05, 0.1) is 7.11 Å². The van der Waals surface area contributed by atoms with Gasteiger partial charge in [-0.3, -0.25) is 9.79 Å². The lowest BCUT2D eigenvalue weighted by Crippen LogP contribution is -2.36. The minimum atomic E-state index is 0. The maximum absolute atomic E-state index is 11.6. The molecule has 0 saturated heterocycles. The smallest absolute Gasteiger partial charge is 0.224 e. The van der Waals surface area contributed by atoms with Gasteiger partial charge in [-0.05, 0) is 41.8 Å². The number of benzene rings is 2. The topological polar surface area (TPSA) is 74.8 Å². The molecular formula is C21H29IN4O2. The molecule has 2 aromatic carbocycles. The molecular weight excluding hydrogens is 467 g/mol. The Kier molecular flexibility index (Phi) is 11.0. The Balaban J connectivity index is 0.00000392. The first-order valence-corrected chi connectivity index (χ1v) is 9.10. The van der Waals surface area contributed by atoms with Crippen LogP contribution in [0.2, 0.25) is 0 Å². The number of hydrogen-bond donors (Lipinski definition) is 3. The van der Waals surface area contributed by atoms with E-state index in [1.807, 2.05) is 55.5 Å². The molecule has 0 saturated carbocycles. The molecule has 0 aliphatic heterocycles. The van der Waals surface area contributed by atoms with Gasteiger partial charge >= 0.3 is 0 Å². The number of rotatable bonds is 8. The molecule has 0 heterocycles. The van der Waals surface area contributed by atoms with Gasteiger partial charge in [0.25, 0.3) is 0 Å². The Morgan fingerprint density at radius 1 is 1.04 bits per heavy atom. The Morgan fingerprint density at radius 3 is 2.32 bits per heavy atom. The molecule has 0 radical (unpaired) electrons. The highest BCUT2D eigenvalue weighted by Gasteiger charge is 2.03. The van der Waals surface area contributed by atoms with Crippen molar-refractivity contribution in [1.29, 1.82) is 0 Å². The summed E-state index contributed by atoms with van der Waals surface area (Å²) in [6, 6.07) is 15.7. The summed E-state index contributed by atoms with van der Waals surface area (Å²) in [5.74, 6) is 1.60. The molecule has 0 aromatic heterocycles. The van der Waals surface area contributed by atoms with Gasteiger partial charge in [-0.15, -0.1) is 24.0 Å². The average Bonchev–Trinajstić information content (AvgIpc) is 2.69. The van der Waals surface area contributed by atoms with Crippen LogP contribution in [-0.2, 0) is 17.9 Å². The van der Waals surface area contributed by atoms with E-state index in [2.05, 4.69) is 20.9 Å². The number of guanidine groups is 1. The fourth-order valence-corrected chi connectivity index (χ4v) is 2.53. The summed E-state index contributed by atoms with van der Waals surface area (Å²) < 4.78 is 5.24. The van der Waals surface area contributed by atoms with Crippen LogP contribution in [0.25, 0.3) is 0 Å². The molecule has 3 N–H and O–H groups in total. The van der Waals surface area contributed by atoms with Crippen LogP contribution in [-0.4, -0.2) is 26.0 Å². The van der Waals surface area contributed by atoms with Crippen molar-refractivity contribution in [3.63, 3.8) is 0 Å². The Labute approximate surface area is 184 Å². The lowest BCUT2D eigenvalue weighted by Gasteiger charge is -2.13. The number of methoxy groups -OCH3 is 1. The zero-order valence-corrected chi connectivity index (χ0v) is 18.9. The number of carbonyl (C=O) groups excluding carboxylic acids is 1. The fraction of sp³-hybridized carbons (Fsp3) is 0.333. The van der Waals surface area contributed by atoms with Crippen LogP contribution in [0, 0.1) is 0 Å². The van der Waals surface area contributed by atoms with Gasteiger partial charge in [0.2, 0.25) is 5.91 Å². The maximum atomic E-state index is 11.6. The highest BCUT2D eigenvalue weighted by Crippen LogP contribution is 2.12. The molecule has 0 unspecified atom stereocenters. The summed E-state index contributed by atoms with van der Waals surface area (Å²) in [7, 11) is 3.40. The van der Waals surface area contributed by atoms with Gasteiger partial charge in [0.1, 0.15) is 5.75 Å². The predicted molar refractivity (Wildman–Crippen MR) is 125 cm³/mol. The largest absolute Gasteiger partial charge is 0.497 e. The second-order valence-electron chi connectivity index (χ2n) is 6.13. The average molecular weight is 496 g/mol. The first-order valence-electron chi connectivity index (χ1n) is 9.10. The van der Waals surface area contributed by atoms with Crippen LogP contribution in [0.4, 0.5) is 5.69 Å². The lowest BCUT2D eigenvalue weighted by atomic mass is 10.2. The molecule has 2 aromatic rings. The van der Waals surface area contributed by atoms with E-state index >= 15 is 0 Å². The van der Waals surface area contributed by atoms with Crippen molar-refractivity contribution in [2.24, 2.45) is 4.99 Å². The van der Waals surface area contributed by atoms with Gasteiger partial charge in [-0.25, -0.2) is 0 Å². The Hall–Kier alpha value is -2.29. The molecule has 0 fully saturated rings. The quantitative estimate of drug-likeness (QED) is 0.294. The zero-order valence-electron chi connectivity index (χ0n) is 16.6. The zero-order chi connectivity index (χ0) is 19.5. The lowest BCUT2D eigenvalue weighted by molar-refractivity contribution is -0.116. The van der Waals surface area contributed by atoms with Crippen LogP contribution in [0.5, 0.6) is 5.75 Å². The molecule has 0 spiro atoms. The van der Waals surface area contributed by atoms with E-state index < -0.39 is 0 Å². The summed E-state index contributed by atoms with van der Waals surface area (Å²) in [6.45, 7) is 3.28. The van der Waals surface area contributed by atoms with Crippen molar-refractivity contribution in [3.05, 3.63) is 59.7 Å². The van der Waals surface area contributed by atoms with Crippen molar-refractivity contribution < 1.29 is 9.53 Å². The van der Waals surface area contributed by atoms with Gasteiger partial charge < -0.3 is 20.7 Å². The molecule has 0 aliphatic carbocycles. The summed E-state index contributed by atoms with van der Waals surface area (Å²) >= 11 is 0. The van der Waals surface area contributed by atoms with Gasteiger partial charge in [0.15, 0.2) is 5.96 Å². The molecule has 28 heavy (non-hydrogen) atoms. The van der Waals surface area contributed by atoms with E-state index in [-0.39, 0.29) is 29.9 Å². The predicted octanol–water partition coefficient (Wildman–Crippen LogP) is 3.92. The number of nitrogens with one attached hydrogen (secondary N) is 3. The van der Waals surface area contributed by atoms with Gasteiger partial charge in [-0.2, -0.15) is 0 Å². The van der Waals surface area contributed by atoms with Crippen LogP contribution >= 0.6 is 24.0 Å². The SMILES string of the molecule is CCCC(=O)Nc1ccc(CNC(=NC)NCc2cccc(OC)c2)cc1.I. The van der Waals surface area contributed by atoms with E-state index in [0.717, 1.165) is 34.9 Å². The second kappa shape index (κ2) is 13.0. The minimum absolute atomic E-state index is 0. The third kappa shape index (κ3) is 8.16. The summed E-state index contributed by atoms with van der Waals surface area (Å²) in [6.07, 6.45) is 1.38. The molecule has 0 bridgehead atoms. The molecule has 0 aliphatic rings. The van der Waals surface area contributed by atoms with Gasteiger partial charge in [0, 0.05) is 32.2 Å². The molecule has 6 nitrogen and oxygen atoms in total. The van der Waals surface area contributed by atoms with E-state index in [1.54, 1.807) is 14.2 Å². The molecule has 1 amide bonds. The highest BCUT2D eigenvalue weighted by atomic mass is 127. The minimum Gasteiger partial charge on any atom is -0.497 e. The van der Waals surface area contributed by atoms with E-state index in [0.29, 0.717) is 19.5 Å². The summed E-state index contributed by atoms with van der Waals surface area (Å²) in [5.41, 5.74) is 3.04. The van der Waals surface area contributed by atoms with Crippen LogP contribution < -0.4 is 20.7 Å². The number of halogens is 1. The summed E-state index contributed by atoms with van der Waals surface area (Å²) in [4.78, 5) is 15.9. The third-order valence-electron chi connectivity index (χ3n) is 3.99. The van der Waals surface area contributed by atoms with E-state index in [4.69, 9.17) is 4.74 Å². The molecule has 7 heteroatoms. The number of amides is 1. The first kappa shape index (κ1) is 23.7. The van der Waals surface area contributed by atoms with Crippen molar-refractivity contribution in [3.8, 4) is 5.75 Å². The van der Waals surface area contributed by atoms with Crippen molar-refractivity contribution in [2.75, 3.05) is 19.5 Å². The summed E-state index contributed by atoms with van der Waals surface area (Å²) in [5, 5.41) is 9.46. The number of ether oxygens (including phenoxy) is 1. The molecule has 152 valence electrons. The monoisotopic (exact) mass is 496 g/mol. The van der Waals surface area contributed by atoms with Crippen molar-refractivity contribution in [2.45, 2.75) is 32.9 Å². The number of anilines is 1. The first-order chi connectivity index (χ1) is 13.1. The Morgan fingerprint density at radius 2 is 1.71 bits per heavy atom. The Bertz CT molecular complexity index is 763.